The molecule has 1 fully saturated rings. The van der Waals surface area contributed by atoms with Gasteiger partial charge >= 0.3 is 0 Å². The maximum absolute atomic E-state index is 13.9. The number of hydrogen-bond donors (Lipinski definition) is 2. The average molecular weight is 499 g/mol. The lowest BCUT2D eigenvalue weighted by molar-refractivity contribution is -0.127. The van der Waals surface area contributed by atoms with Crippen molar-refractivity contribution < 1.29 is 27.5 Å². The first-order chi connectivity index (χ1) is 17.3. The number of carbonyl (C=O) groups is 2. The lowest BCUT2D eigenvalue weighted by atomic mass is 10.1. The van der Waals surface area contributed by atoms with Crippen LogP contribution in [-0.2, 0) is 4.79 Å². The number of alkyl halides is 1. The van der Waals surface area contributed by atoms with Gasteiger partial charge in [0.2, 0.25) is 5.91 Å². The highest BCUT2D eigenvalue weighted by Crippen LogP contribution is 2.33. The molecule has 36 heavy (non-hydrogen) atoms. The summed E-state index contributed by atoms with van der Waals surface area (Å²) in [6.45, 7) is 0.0664. The van der Waals surface area contributed by atoms with Crippen molar-refractivity contribution in [2.24, 2.45) is 5.73 Å². The maximum Gasteiger partial charge on any atom is 0.254 e. The molecule has 1 aliphatic rings. The molecule has 3 aromatic rings. The fourth-order valence-electron chi connectivity index (χ4n) is 4.14. The average Bonchev–Trinajstić information content (AvgIpc) is 3.22. The molecule has 1 atom stereocenters. The summed E-state index contributed by atoms with van der Waals surface area (Å²) >= 11 is 0. The van der Waals surface area contributed by atoms with E-state index in [4.69, 9.17) is 16.2 Å². The van der Waals surface area contributed by atoms with Gasteiger partial charge in [-0.05, 0) is 55.3 Å². The minimum absolute atomic E-state index is 0.0361. The third kappa shape index (κ3) is 5.19. The molecule has 0 saturated carbocycles. The minimum Gasteiger partial charge on any atom is -0.454 e. The number of benzene rings is 2. The van der Waals surface area contributed by atoms with Crippen molar-refractivity contribution in [3.05, 3.63) is 71.8 Å². The van der Waals surface area contributed by atoms with Gasteiger partial charge in [-0.3, -0.25) is 9.59 Å². The van der Waals surface area contributed by atoms with Crippen LogP contribution in [0.2, 0.25) is 0 Å². The number of nitrogens with two attached hydrogens (primary N) is 2. The van der Waals surface area contributed by atoms with Crippen molar-refractivity contribution in [2.75, 3.05) is 25.5 Å². The molecule has 8 nitrogen and oxygen atoms in total. The maximum atomic E-state index is 13.9. The SMILES string of the molecule is NC(=O)c1c(-c2ccc(Oc3ccc(F)cc3F)cc2)nn(C2CCCN(C(=O)C=CCF)C2)c1N. The Morgan fingerprint density at radius 1 is 1.17 bits per heavy atom. The summed E-state index contributed by atoms with van der Waals surface area (Å²) in [5.74, 6) is -2.44. The Labute approximate surface area is 204 Å². The number of piperidine rings is 1. The number of halogens is 3. The van der Waals surface area contributed by atoms with Gasteiger partial charge in [0, 0.05) is 30.8 Å². The van der Waals surface area contributed by atoms with E-state index in [9.17, 15) is 22.8 Å². The number of anilines is 1. The first-order valence-electron chi connectivity index (χ1n) is 11.2. The predicted molar refractivity (Wildman–Crippen MR) is 127 cm³/mol. The number of likely N-dealkylation sites (tertiary alicyclic amines) is 1. The number of primary amides is 1. The van der Waals surface area contributed by atoms with E-state index in [0.717, 1.165) is 18.2 Å². The van der Waals surface area contributed by atoms with Crippen LogP contribution in [0.25, 0.3) is 11.3 Å². The number of allylic oxidation sites excluding steroid dienone is 1. The number of rotatable bonds is 7. The topological polar surface area (TPSA) is 116 Å². The van der Waals surface area contributed by atoms with Crippen molar-refractivity contribution in [1.82, 2.24) is 14.7 Å². The first kappa shape index (κ1) is 24.8. The largest absolute Gasteiger partial charge is 0.454 e. The van der Waals surface area contributed by atoms with E-state index in [0.29, 0.717) is 24.9 Å². The van der Waals surface area contributed by atoms with E-state index >= 15 is 0 Å². The summed E-state index contributed by atoms with van der Waals surface area (Å²) in [7, 11) is 0. The zero-order valence-electron chi connectivity index (χ0n) is 19.2. The number of ether oxygens (including phenoxy) is 1. The zero-order valence-corrected chi connectivity index (χ0v) is 19.2. The van der Waals surface area contributed by atoms with E-state index in [1.54, 1.807) is 17.0 Å². The standard InChI is InChI=1S/C25H24F3N5O3/c26-11-1-4-21(34)32-12-2-3-17(14-32)33-24(29)22(25(30)35)23(31-33)15-5-8-18(9-6-15)36-20-10-7-16(27)13-19(20)28/h1,4-10,13,17H,2-3,11-12,14,29H2,(H2,30,35). The highest BCUT2D eigenvalue weighted by molar-refractivity contribution is 6.03. The Hall–Kier alpha value is -4.28. The third-order valence-electron chi connectivity index (χ3n) is 5.85. The van der Waals surface area contributed by atoms with Crippen LogP contribution in [-0.4, -0.2) is 46.3 Å². The summed E-state index contributed by atoms with van der Waals surface area (Å²) < 4.78 is 46.4. The molecule has 2 aromatic carbocycles. The Kier molecular flexibility index (Phi) is 7.28. The van der Waals surface area contributed by atoms with E-state index < -0.39 is 24.2 Å². The van der Waals surface area contributed by atoms with Crippen molar-refractivity contribution in [1.29, 1.82) is 0 Å². The van der Waals surface area contributed by atoms with E-state index in [1.807, 2.05) is 0 Å². The van der Waals surface area contributed by atoms with Crippen LogP contribution in [0.5, 0.6) is 11.5 Å². The highest BCUT2D eigenvalue weighted by Gasteiger charge is 2.29. The number of hydrogen-bond acceptors (Lipinski definition) is 5. The molecule has 188 valence electrons. The molecule has 0 aliphatic carbocycles. The Balaban J connectivity index is 1.60. The van der Waals surface area contributed by atoms with Gasteiger partial charge in [0.05, 0.1) is 6.04 Å². The second kappa shape index (κ2) is 10.5. The molecule has 11 heteroatoms. The second-order valence-electron chi connectivity index (χ2n) is 8.26. The molecule has 1 saturated heterocycles. The molecule has 0 bridgehead atoms. The normalized spacial score (nSPS) is 15.9. The fourth-order valence-corrected chi connectivity index (χ4v) is 4.14. The number of amides is 2. The lowest BCUT2D eigenvalue weighted by Crippen LogP contribution is -2.40. The molecule has 1 aromatic heterocycles. The van der Waals surface area contributed by atoms with Crippen LogP contribution in [0.3, 0.4) is 0 Å². The van der Waals surface area contributed by atoms with Gasteiger partial charge < -0.3 is 21.1 Å². The van der Waals surface area contributed by atoms with Crippen molar-refractivity contribution >= 4 is 17.6 Å². The van der Waals surface area contributed by atoms with Gasteiger partial charge in [-0.2, -0.15) is 5.10 Å². The lowest BCUT2D eigenvalue weighted by Gasteiger charge is -2.32. The third-order valence-corrected chi connectivity index (χ3v) is 5.85. The molecule has 2 heterocycles. The molecule has 0 spiro atoms. The highest BCUT2D eigenvalue weighted by atomic mass is 19.1. The van der Waals surface area contributed by atoms with E-state index in [-0.39, 0.29) is 47.1 Å². The zero-order chi connectivity index (χ0) is 25.8. The van der Waals surface area contributed by atoms with Crippen LogP contribution >= 0.6 is 0 Å². The predicted octanol–water partition coefficient (Wildman–Crippen LogP) is 3.99. The Bertz CT molecular complexity index is 1310. The fraction of sp³-hybridized carbons (Fsp3) is 0.240. The smallest absolute Gasteiger partial charge is 0.254 e. The van der Waals surface area contributed by atoms with E-state index in [1.165, 1.54) is 29.0 Å². The molecule has 4 rings (SSSR count). The Morgan fingerprint density at radius 2 is 1.92 bits per heavy atom. The van der Waals surface area contributed by atoms with E-state index in [2.05, 4.69) is 5.10 Å². The van der Waals surface area contributed by atoms with Gasteiger partial charge in [-0.1, -0.05) is 0 Å². The van der Waals surface area contributed by atoms with Crippen LogP contribution in [0, 0.1) is 11.6 Å². The summed E-state index contributed by atoms with van der Waals surface area (Å²) in [6, 6.07) is 8.96. The summed E-state index contributed by atoms with van der Waals surface area (Å²) in [5, 5.41) is 4.55. The van der Waals surface area contributed by atoms with Gasteiger partial charge in [0.1, 0.15) is 35.3 Å². The van der Waals surface area contributed by atoms with Crippen molar-refractivity contribution in [3.8, 4) is 22.8 Å². The van der Waals surface area contributed by atoms with Crippen LogP contribution in [0.4, 0.5) is 19.0 Å². The molecular formula is C25H24F3N5O3. The van der Waals surface area contributed by atoms with Crippen LogP contribution < -0.4 is 16.2 Å². The molecule has 4 N–H and O–H groups in total. The number of aromatic nitrogens is 2. The van der Waals surface area contributed by atoms with Crippen LogP contribution in [0.15, 0.2) is 54.6 Å². The number of carbonyl (C=O) groups excluding carboxylic acids is 2. The molecule has 1 unspecified atom stereocenters. The van der Waals surface area contributed by atoms with Crippen LogP contribution in [0.1, 0.15) is 29.2 Å². The second-order valence-corrected chi connectivity index (χ2v) is 8.26. The molecule has 2 amide bonds. The monoisotopic (exact) mass is 499 g/mol. The molecule has 1 aliphatic heterocycles. The molecule has 0 radical (unpaired) electrons. The summed E-state index contributed by atoms with van der Waals surface area (Å²) in [6.07, 6.45) is 3.68. The summed E-state index contributed by atoms with van der Waals surface area (Å²) in [4.78, 5) is 26.1. The van der Waals surface area contributed by atoms with Gasteiger partial charge in [-0.15, -0.1) is 0 Å². The quantitative estimate of drug-likeness (QED) is 0.477. The number of nitrogen functional groups attached to an aromatic ring is 1. The van der Waals surface area contributed by atoms with Crippen molar-refractivity contribution in [3.63, 3.8) is 0 Å². The van der Waals surface area contributed by atoms with Crippen molar-refractivity contribution in [2.45, 2.75) is 18.9 Å². The van der Waals surface area contributed by atoms with Gasteiger partial charge in [0.15, 0.2) is 11.6 Å². The molecular weight excluding hydrogens is 475 g/mol. The minimum atomic E-state index is -0.846. The first-order valence-corrected chi connectivity index (χ1v) is 11.2. The Morgan fingerprint density at radius 3 is 2.58 bits per heavy atom. The van der Waals surface area contributed by atoms with Gasteiger partial charge in [0.25, 0.3) is 5.91 Å². The number of nitrogens with zero attached hydrogens (tertiary/aromatic N) is 3. The van der Waals surface area contributed by atoms with Gasteiger partial charge in [-0.25, -0.2) is 17.9 Å². The summed E-state index contributed by atoms with van der Waals surface area (Å²) in [5.41, 5.74) is 12.7.